The lowest BCUT2D eigenvalue weighted by atomic mass is 10.0. The number of thioether (sulfide) groups is 1. The number of para-hydroxylation sites is 1. The normalized spacial score (nSPS) is 10.7. The molecule has 2 aromatic rings. The zero-order chi connectivity index (χ0) is 15.9. The lowest BCUT2D eigenvalue weighted by Gasteiger charge is -2.13. The Bertz CT molecular complexity index is 629. The third-order valence-corrected chi connectivity index (χ3v) is 4.67. The smallest absolute Gasteiger partial charge is 0.264 e. The maximum Gasteiger partial charge on any atom is 0.264 e. The fraction of sp³-hybridized carbons (Fsp3) is 0.400. The van der Waals surface area contributed by atoms with Crippen molar-refractivity contribution in [2.24, 2.45) is 0 Å². The monoisotopic (exact) mass is 337 g/mol. The van der Waals surface area contributed by atoms with Gasteiger partial charge in [0.15, 0.2) is 10.9 Å². The van der Waals surface area contributed by atoms with Gasteiger partial charge >= 0.3 is 0 Å². The predicted molar refractivity (Wildman–Crippen MR) is 91.0 cm³/mol. The summed E-state index contributed by atoms with van der Waals surface area (Å²) in [5.74, 6) is 1.78. The van der Waals surface area contributed by atoms with Crippen molar-refractivity contribution in [3.05, 3.63) is 29.8 Å². The Kier molecular flexibility index (Phi) is 6.21. The lowest BCUT2D eigenvalue weighted by molar-refractivity contribution is -0.118. The summed E-state index contributed by atoms with van der Waals surface area (Å²) < 4.78 is 6.48. The van der Waals surface area contributed by atoms with E-state index >= 15 is 0 Å². The van der Waals surface area contributed by atoms with Crippen LogP contribution in [0.15, 0.2) is 28.6 Å². The third kappa shape index (κ3) is 4.71. The van der Waals surface area contributed by atoms with Crippen molar-refractivity contribution in [2.45, 2.75) is 31.0 Å². The van der Waals surface area contributed by atoms with Crippen molar-refractivity contribution in [1.82, 2.24) is 10.2 Å². The van der Waals surface area contributed by atoms with Gasteiger partial charge < -0.3 is 4.74 Å². The van der Waals surface area contributed by atoms with Crippen molar-refractivity contribution in [2.75, 3.05) is 17.7 Å². The molecule has 22 heavy (non-hydrogen) atoms. The van der Waals surface area contributed by atoms with Gasteiger partial charge in [-0.25, -0.2) is 0 Å². The first-order chi connectivity index (χ1) is 10.6. The van der Waals surface area contributed by atoms with E-state index in [1.165, 1.54) is 11.3 Å². The number of carbonyl (C=O) groups is 1. The molecule has 0 unspecified atom stereocenters. The second-order valence-corrected chi connectivity index (χ2v) is 7.32. The largest absolute Gasteiger partial charge is 0.483 e. The Morgan fingerprint density at radius 1 is 1.36 bits per heavy atom. The number of ether oxygens (including phenoxy) is 1. The van der Waals surface area contributed by atoms with E-state index in [1.807, 2.05) is 31.2 Å². The molecule has 1 aromatic heterocycles. The van der Waals surface area contributed by atoms with Crippen molar-refractivity contribution >= 4 is 34.1 Å². The Balaban J connectivity index is 1.90. The first-order valence-electron chi connectivity index (χ1n) is 7.08. The Hall–Kier alpha value is -1.60. The maximum atomic E-state index is 11.9. The molecule has 0 spiro atoms. The van der Waals surface area contributed by atoms with Gasteiger partial charge in [0.1, 0.15) is 5.75 Å². The van der Waals surface area contributed by atoms with Crippen LogP contribution in [0, 0.1) is 0 Å². The second-order valence-electron chi connectivity index (χ2n) is 4.84. The molecule has 0 radical (unpaired) electrons. The zero-order valence-electron chi connectivity index (χ0n) is 12.8. The molecule has 7 heteroatoms. The molecule has 5 nitrogen and oxygen atoms in total. The minimum absolute atomic E-state index is 0.0421. The average Bonchev–Trinajstić information content (AvgIpc) is 2.93. The molecule has 2 rings (SSSR count). The minimum atomic E-state index is -0.234. The van der Waals surface area contributed by atoms with Crippen LogP contribution >= 0.6 is 23.1 Å². The molecule has 0 saturated heterocycles. The first kappa shape index (κ1) is 16.8. The van der Waals surface area contributed by atoms with Crippen LogP contribution in [0.1, 0.15) is 32.3 Å². The van der Waals surface area contributed by atoms with Gasteiger partial charge in [0, 0.05) is 0 Å². The van der Waals surface area contributed by atoms with Crippen molar-refractivity contribution < 1.29 is 9.53 Å². The van der Waals surface area contributed by atoms with Gasteiger partial charge in [-0.05, 0) is 23.3 Å². The summed E-state index contributed by atoms with van der Waals surface area (Å²) in [6.45, 7) is 6.19. The van der Waals surface area contributed by atoms with Crippen LogP contribution in [-0.4, -0.2) is 28.5 Å². The van der Waals surface area contributed by atoms with E-state index in [0.29, 0.717) is 11.0 Å². The summed E-state index contributed by atoms with van der Waals surface area (Å²) in [4.78, 5) is 11.9. The van der Waals surface area contributed by atoms with Crippen LogP contribution in [0.25, 0.3) is 0 Å². The van der Waals surface area contributed by atoms with Crippen LogP contribution in [0.4, 0.5) is 5.13 Å². The van der Waals surface area contributed by atoms with Gasteiger partial charge in [0.2, 0.25) is 5.13 Å². The number of nitrogens with zero attached hydrogens (tertiary/aromatic N) is 2. The molecule has 1 amide bonds. The third-order valence-electron chi connectivity index (χ3n) is 2.82. The van der Waals surface area contributed by atoms with Gasteiger partial charge in [-0.1, -0.05) is 62.1 Å². The molecule has 118 valence electrons. The standard InChI is InChI=1S/C15H19N3O2S2/c1-4-21-15-18-17-14(22-15)16-13(19)9-20-12-8-6-5-7-11(12)10(2)3/h5-8,10H,4,9H2,1-3H3,(H,16,17,19). The van der Waals surface area contributed by atoms with E-state index in [1.54, 1.807) is 11.8 Å². The maximum absolute atomic E-state index is 11.9. The topological polar surface area (TPSA) is 64.1 Å². The number of hydrogen-bond donors (Lipinski definition) is 1. The predicted octanol–water partition coefficient (Wildman–Crippen LogP) is 3.79. The molecule has 0 aliphatic carbocycles. The number of amides is 1. The molecule has 1 aromatic carbocycles. The van der Waals surface area contributed by atoms with Crippen LogP contribution in [-0.2, 0) is 4.79 Å². The quantitative estimate of drug-likeness (QED) is 0.615. The van der Waals surface area contributed by atoms with Crippen molar-refractivity contribution in [3.63, 3.8) is 0 Å². The zero-order valence-corrected chi connectivity index (χ0v) is 14.5. The fourth-order valence-corrected chi connectivity index (χ4v) is 3.49. The highest BCUT2D eigenvalue weighted by Crippen LogP contribution is 2.26. The van der Waals surface area contributed by atoms with Gasteiger partial charge in [0.25, 0.3) is 5.91 Å². The SMILES string of the molecule is CCSc1nnc(NC(=O)COc2ccccc2C(C)C)s1. The Labute approximate surface area is 138 Å². The van der Waals surface area contributed by atoms with E-state index in [9.17, 15) is 4.79 Å². The van der Waals surface area contributed by atoms with Crippen molar-refractivity contribution in [1.29, 1.82) is 0 Å². The van der Waals surface area contributed by atoms with Crippen LogP contribution in [0.3, 0.4) is 0 Å². The minimum Gasteiger partial charge on any atom is -0.483 e. The molecule has 1 N–H and O–H groups in total. The van der Waals surface area contributed by atoms with Crippen LogP contribution in [0.2, 0.25) is 0 Å². The Morgan fingerprint density at radius 2 is 2.14 bits per heavy atom. The molecule has 1 heterocycles. The number of carbonyl (C=O) groups excluding carboxylic acids is 1. The van der Waals surface area contributed by atoms with E-state index < -0.39 is 0 Å². The van der Waals surface area contributed by atoms with E-state index in [2.05, 4.69) is 29.4 Å². The summed E-state index contributed by atoms with van der Waals surface area (Å²) in [6.07, 6.45) is 0. The summed E-state index contributed by atoms with van der Waals surface area (Å²) >= 11 is 2.97. The Morgan fingerprint density at radius 3 is 2.86 bits per heavy atom. The summed E-state index contributed by atoms with van der Waals surface area (Å²) in [5.41, 5.74) is 1.09. The van der Waals surface area contributed by atoms with E-state index in [-0.39, 0.29) is 12.5 Å². The highest BCUT2D eigenvalue weighted by molar-refractivity contribution is 8.01. The fourth-order valence-electron chi connectivity index (χ4n) is 1.83. The molecule has 0 bridgehead atoms. The number of benzene rings is 1. The second kappa shape index (κ2) is 8.14. The van der Waals surface area contributed by atoms with Crippen molar-refractivity contribution in [3.8, 4) is 5.75 Å². The summed E-state index contributed by atoms with van der Waals surface area (Å²) in [5, 5.41) is 11.1. The molecule has 0 saturated carbocycles. The van der Waals surface area contributed by atoms with E-state index in [4.69, 9.17) is 4.74 Å². The molecule has 0 fully saturated rings. The number of nitrogens with one attached hydrogen (secondary N) is 1. The first-order valence-corrected chi connectivity index (χ1v) is 8.88. The molecular formula is C15H19N3O2S2. The number of aromatic nitrogens is 2. The van der Waals surface area contributed by atoms with Gasteiger partial charge in [-0.2, -0.15) is 0 Å². The molecular weight excluding hydrogens is 318 g/mol. The van der Waals surface area contributed by atoms with E-state index in [0.717, 1.165) is 21.4 Å². The van der Waals surface area contributed by atoms with Gasteiger partial charge in [-0.15, -0.1) is 10.2 Å². The summed E-state index contributed by atoms with van der Waals surface area (Å²) in [6, 6.07) is 7.76. The highest BCUT2D eigenvalue weighted by atomic mass is 32.2. The molecule has 0 aliphatic rings. The summed E-state index contributed by atoms with van der Waals surface area (Å²) in [7, 11) is 0. The average molecular weight is 337 g/mol. The number of hydrogen-bond acceptors (Lipinski definition) is 6. The highest BCUT2D eigenvalue weighted by Gasteiger charge is 2.11. The van der Waals surface area contributed by atoms with Gasteiger partial charge in [-0.3, -0.25) is 10.1 Å². The van der Waals surface area contributed by atoms with Crippen LogP contribution < -0.4 is 10.1 Å². The number of rotatable bonds is 7. The van der Waals surface area contributed by atoms with Gasteiger partial charge in [0.05, 0.1) is 0 Å². The number of anilines is 1. The molecule has 0 atom stereocenters. The van der Waals surface area contributed by atoms with Crippen LogP contribution in [0.5, 0.6) is 5.75 Å². The lowest BCUT2D eigenvalue weighted by Crippen LogP contribution is -2.20. The molecule has 0 aliphatic heterocycles.